The maximum absolute atomic E-state index is 12.7. The Labute approximate surface area is 169 Å². The van der Waals surface area contributed by atoms with E-state index in [-0.39, 0.29) is 11.9 Å². The number of nitriles is 1. The Morgan fingerprint density at radius 1 is 1.41 bits per heavy atom. The zero-order chi connectivity index (χ0) is 19.6. The molecule has 0 radical (unpaired) electrons. The fraction of sp³-hybridized carbons (Fsp3) is 0.235. The molecule has 0 amide bonds. The number of nitrogens with zero attached hydrogens (tertiary/aromatic N) is 5. The third-order valence-electron chi connectivity index (χ3n) is 4.12. The zero-order valence-corrected chi connectivity index (χ0v) is 16.8. The van der Waals surface area contributed by atoms with Crippen molar-refractivity contribution < 1.29 is 14.1 Å². The van der Waals surface area contributed by atoms with Gasteiger partial charge in [-0.05, 0) is 52.7 Å². The standard InChI is InChI=1S/C9H8IN5.C8H8BFO2/c1-14-9(10)8(4-12-14)6-15-5-7(2-11)3-13-15;1-5-7-4-6(10)2-3-8(7)9(11)12-5/h3-5H,6H2,1H3;2-5,11H,1H3. The number of hydrogen-bond acceptors (Lipinski definition) is 5. The lowest BCUT2D eigenvalue weighted by atomic mass is 9.79. The molecule has 0 spiro atoms. The zero-order valence-electron chi connectivity index (χ0n) is 14.7. The van der Waals surface area contributed by atoms with Crippen molar-refractivity contribution in [2.75, 3.05) is 0 Å². The van der Waals surface area contributed by atoms with E-state index in [1.807, 2.05) is 24.0 Å². The first-order chi connectivity index (χ1) is 12.9. The molecule has 7 nitrogen and oxygen atoms in total. The summed E-state index contributed by atoms with van der Waals surface area (Å²) in [5.41, 5.74) is 3.09. The number of rotatable bonds is 2. The van der Waals surface area contributed by atoms with E-state index >= 15 is 0 Å². The van der Waals surface area contributed by atoms with Gasteiger partial charge < -0.3 is 9.68 Å². The lowest BCUT2D eigenvalue weighted by Crippen LogP contribution is -2.27. The molecule has 10 heteroatoms. The number of benzene rings is 1. The van der Waals surface area contributed by atoms with Crippen molar-refractivity contribution in [2.24, 2.45) is 7.05 Å². The summed E-state index contributed by atoms with van der Waals surface area (Å²) in [6.07, 6.45) is 4.88. The van der Waals surface area contributed by atoms with E-state index in [2.05, 4.69) is 32.8 Å². The van der Waals surface area contributed by atoms with E-state index in [0.717, 1.165) is 14.8 Å². The highest BCUT2D eigenvalue weighted by atomic mass is 127. The Hall–Kier alpha value is -2.23. The molecule has 138 valence electrons. The van der Waals surface area contributed by atoms with E-state index in [4.69, 9.17) is 9.92 Å². The summed E-state index contributed by atoms with van der Waals surface area (Å²) < 4.78 is 22.4. The van der Waals surface area contributed by atoms with Crippen LogP contribution in [0, 0.1) is 20.8 Å². The number of hydrogen-bond donors (Lipinski definition) is 1. The van der Waals surface area contributed by atoms with Gasteiger partial charge in [0.05, 0.1) is 30.6 Å². The quantitative estimate of drug-likeness (QED) is 0.447. The van der Waals surface area contributed by atoms with Crippen molar-refractivity contribution in [2.45, 2.75) is 19.6 Å². The van der Waals surface area contributed by atoms with Gasteiger partial charge in [0.25, 0.3) is 0 Å². The Balaban J connectivity index is 0.000000159. The molecule has 1 atom stereocenters. The number of halogens is 2. The van der Waals surface area contributed by atoms with Crippen molar-refractivity contribution in [3.05, 3.63) is 63.0 Å². The van der Waals surface area contributed by atoms with Crippen LogP contribution in [0.1, 0.15) is 29.7 Å². The first-order valence-corrected chi connectivity index (χ1v) is 9.18. The monoisotopic (exact) mass is 479 g/mol. The first kappa shape index (κ1) is 19.5. The summed E-state index contributed by atoms with van der Waals surface area (Å²) >= 11 is 2.24. The van der Waals surface area contributed by atoms with Gasteiger partial charge in [0.1, 0.15) is 15.6 Å². The summed E-state index contributed by atoms with van der Waals surface area (Å²) in [5.74, 6) is -0.293. The Kier molecular flexibility index (Phi) is 5.93. The predicted octanol–water partition coefficient (Wildman–Crippen LogP) is 1.75. The molecule has 27 heavy (non-hydrogen) atoms. The molecule has 1 aromatic carbocycles. The van der Waals surface area contributed by atoms with Gasteiger partial charge in [-0.2, -0.15) is 15.5 Å². The highest BCUT2D eigenvalue weighted by Crippen LogP contribution is 2.22. The van der Waals surface area contributed by atoms with Crippen LogP contribution in [0.5, 0.6) is 0 Å². The molecule has 0 bridgehead atoms. The van der Waals surface area contributed by atoms with Crippen LogP contribution in [0.25, 0.3) is 0 Å². The second-order valence-corrected chi connectivity index (χ2v) is 7.05. The van der Waals surface area contributed by atoms with E-state index in [1.165, 1.54) is 12.1 Å². The summed E-state index contributed by atoms with van der Waals surface area (Å²) in [6.45, 7) is 2.43. The van der Waals surface area contributed by atoms with Crippen LogP contribution < -0.4 is 5.46 Å². The molecule has 1 N–H and O–H groups in total. The number of aryl methyl sites for hydroxylation is 1. The largest absolute Gasteiger partial charge is 0.491 e. The minimum absolute atomic E-state index is 0.217. The maximum Gasteiger partial charge on any atom is 0.491 e. The SMILES string of the molecule is CC1OB(O)c2ccc(F)cc21.Cn1ncc(Cn2cc(C#N)cn2)c1I. The highest BCUT2D eigenvalue weighted by Gasteiger charge is 2.32. The molecule has 3 aromatic rings. The van der Waals surface area contributed by atoms with Crippen LogP contribution in [-0.2, 0) is 18.2 Å². The Morgan fingerprint density at radius 3 is 2.81 bits per heavy atom. The van der Waals surface area contributed by atoms with Gasteiger partial charge in [-0.15, -0.1) is 0 Å². The van der Waals surface area contributed by atoms with Gasteiger partial charge in [-0.1, -0.05) is 6.07 Å². The van der Waals surface area contributed by atoms with Crippen molar-refractivity contribution in [3.63, 3.8) is 0 Å². The molecular formula is C17H16BFIN5O2. The van der Waals surface area contributed by atoms with E-state index in [9.17, 15) is 9.41 Å². The topological polar surface area (TPSA) is 88.9 Å². The smallest absolute Gasteiger partial charge is 0.423 e. The minimum Gasteiger partial charge on any atom is -0.423 e. The predicted molar refractivity (Wildman–Crippen MR) is 105 cm³/mol. The van der Waals surface area contributed by atoms with Crippen LogP contribution in [0.4, 0.5) is 4.39 Å². The van der Waals surface area contributed by atoms with Gasteiger partial charge >= 0.3 is 7.12 Å². The summed E-state index contributed by atoms with van der Waals surface area (Å²) in [5, 5.41) is 26.2. The molecule has 0 fully saturated rings. The lowest BCUT2D eigenvalue weighted by molar-refractivity contribution is 0.208. The maximum atomic E-state index is 12.7. The normalized spacial score (nSPS) is 15.1. The van der Waals surface area contributed by atoms with E-state index in [0.29, 0.717) is 17.6 Å². The van der Waals surface area contributed by atoms with Gasteiger partial charge in [0.2, 0.25) is 0 Å². The second kappa shape index (κ2) is 8.20. The fourth-order valence-corrected chi connectivity index (χ4v) is 3.15. The van der Waals surface area contributed by atoms with Crippen LogP contribution in [-0.4, -0.2) is 31.7 Å². The highest BCUT2D eigenvalue weighted by molar-refractivity contribution is 14.1. The summed E-state index contributed by atoms with van der Waals surface area (Å²) in [4.78, 5) is 0. The van der Waals surface area contributed by atoms with Crippen molar-refractivity contribution in [1.82, 2.24) is 19.6 Å². The minimum atomic E-state index is -0.893. The van der Waals surface area contributed by atoms with Crippen LogP contribution >= 0.6 is 22.6 Å². The summed E-state index contributed by atoms with van der Waals surface area (Å²) in [6, 6.07) is 6.32. The molecule has 1 unspecified atom stereocenters. The van der Waals surface area contributed by atoms with Gasteiger partial charge in [0, 0.05) is 18.8 Å². The van der Waals surface area contributed by atoms with Crippen molar-refractivity contribution in [3.8, 4) is 6.07 Å². The molecule has 0 aliphatic carbocycles. The van der Waals surface area contributed by atoms with Crippen LogP contribution in [0.3, 0.4) is 0 Å². The first-order valence-electron chi connectivity index (χ1n) is 8.11. The molecule has 0 saturated heterocycles. The summed E-state index contributed by atoms with van der Waals surface area (Å²) in [7, 11) is 1.00. The van der Waals surface area contributed by atoms with Gasteiger partial charge in [-0.25, -0.2) is 4.39 Å². The Morgan fingerprint density at radius 2 is 2.19 bits per heavy atom. The molecule has 1 aliphatic rings. The van der Waals surface area contributed by atoms with Crippen molar-refractivity contribution in [1.29, 1.82) is 5.26 Å². The van der Waals surface area contributed by atoms with Crippen LogP contribution in [0.2, 0.25) is 0 Å². The third-order valence-corrected chi connectivity index (χ3v) is 5.51. The Bertz CT molecular complexity index is 1000. The molecule has 4 rings (SSSR count). The number of aromatic nitrogens is 4. The van der Waals surface area contributed by atoms with E-state index in [1.54, 1.807) is 30.1 Å². The molecule has 0 saturated carbocycles. The second-order valence-electron chi connectivity index (χ2n) is 6.03. The van der Waals surface area contributed by atoms with Gasteiger partial charge in [-0.3, -0.25) is 9.36 Å². The van der Waals surface area contributed by atoms with Crippen molar-refractivity contribution >= 4 is 35.2 Å². The average Bonchev–Trinajstić information content (AvgIpc) is 3.31. The molecule has 3 heterocycles. The average molecular weight is 479 g/mol. The molecule has 1 aliphatic heterocycles. The van der Waals surface area contributed by atoms with Gasteiger partial charge in [0.15, 0.2) is 0 Å². The number of fused-ring (bicyclic) bond motifs is 1. The van der Waals surface area contributed by atoms with Crippen LogP contribution in [0.15, 0.2) is 36.8 Å². The molecular weight excluding hydrogens is 463 g/mol. The molecule has 2 aromatic heterocycles. The lowest BCUT2D eigenvalue weighted by Gasteiger charge is -2.02. The van der Waals surface area contributed by atoms with E-state index < -0.39 is 7.12 Å². The third kappa shape index (κ3) is 4.37. The fourth-order valence-electron chi connectivity index (χ4n) is 2.72.